The number of rotatable bonds is 6. The van der Waals surface area contributed by atoms with E-state index in [4.69, 9.17) is 14.8 Å². The first kappa shape index (κ1) is 12.8. The van der Waals surface area contributed by atoms with Crippen molar-refractivity contribution in [1.82, 2.24) is 4.90 Å². The molecule has 0 amide bonds. The molecule has 0 aromatic heterocycles. The predicted molar refractivity (Wildman–Crippen MR) is 43.3 cm³/mol. The van der Waals surface area contributed by atoms with Gasteiger partial charge < -0.3 is 10.2 Å². The Morgan fingerprint density at radius 2 is 1.43 bits per heavy atom. The largest absolute Gasteiger partial charge is 0.480 e. The molecule has 0 aliphatic rings. The minimum atomic E-state index is -4.42. The minimum Gasteiger partial charge on any atom is -0.480 e. The summed E-state index contributed by atoms with van der Waals surface area (Å²) in [7, 11) is -4.42. The van der Waals surface area contributed by atoms with Crippen LogP contribution in [-0.4, -0.2) is 59.0 Å². The van der Waals surface area contributed by atoms with E-state index in [1.54, 1.807) is 0 Å². The Labute approximate surface area is 79.5 Å². The average Bonchev–Trinajstić information content (AvgIpc) is 1.77. The first-order valence-corrected chi connectivity index (χ1v) is 4.92. The third-order valence-electron chi connectivity index (χ3n) is 1.06. The molecule has 0 fully saturated rings. The number of carboxylic acids is 2. The molecule has 0 saturated heterocycles. The molecule has 8 nitrogen and oxygen atoms in total. The summed E-state index contributed by atoms with van der Waals surface area (Å²) in [5, 5.41) is 16.6. The molecule has 9 heteroatoms. The lowest BCUT2D eigenvalue weighted by Gasteiger charge is -2.15. The van der Waals surface area contributed by atoms with Crippen LogP contribution >= 0.6 is 0 Å². The zero-order chi connectivity index (χ0) is 11.4. The summed E-state index contributed by atoms with van der Waals surface area (Å²) in [5.74, 6) is -3.78. The van der Waals surface area contributed by atoms with Crippen molar-refractivity contribution in [2.24, 2.45) is 0 Å². The van der Waals surface area contributed by atoms with Gasteiger partial charge in [-0.2, -0.15) is 8.42 Å². The quantitative estimate of drug-likeness (QED) is 0.457. The van der Waals surface area contributed by atoms with Crippen LogP contribution in [0.3, 0.4) is 0 Å². The molecule has 0 saturated carbocycles. The van der Waals surface area contributed by atoms with E-state index in [1.165, 1.54) is 0 Å². The topological polar surface area (TPSA) is 132 Å². The molecule has 82 valence electrons. The molecule has 0 aromatic carbocycles. The highest BCUT2D eigenvalue weighted by Gasteiger charge is 2.18. The van der Waals surface area contributed by atoms with Gasteiger partial charge >= 0.3 is 11.9 Å². The number of hydrogen-bond donors (Lipinski definition) is 3. The molecule has 0 aliphatic heterocycles. The van der Waals surface area contributed by atoms with E-state index >= 15 is 0 Å². The van der Waals surface area contributed by atoms with Gasteiger partial charge in [-0.05, 0) is 0 Å². The monoisotopic (exact) mass is 227 g/mol. The molecule has 0 atom stereocenters. The fraction of sp³-hybridized carbons (Fsp3) is 0.600. The van der Waals surface area contributed by atoms with E-state index in [-0.39, 0.29) is 0 Å². The van der Waals surface area contributed by atoms with Gasteiger partial charge in [0, 0.05) is 0 Å². The zero-order valence-electron chi connectivity index (χ0n) is 6.95. The standard InChI is InChI=1S/C5H9NO7S/c7-4(8)1-6(2-5(9)10)3-14(11,12)13/h1-3H2,(H,7,8)(H,9,10)(H,11,12,13). The Morgan fingerprint density at radius 1 is 1.07 bits per heavy atom. The van der Waals surface area contributed by atoms with Crippen LogP contribution in [0.1, 0.15) is 0 Å². The number of carboxylic acid groups (broad SMARTS) is 2. The second kappa shape index (κ2) is 4.88. The maximum atomic E-state index is 10.3. The Kier molecular flexibility index (Phi) is 4.47. The number of carbonyl (C=O) groups is 2. The van der Waals surface area contributed by atoms with E-state index in [1.807, 2.05) is 0 Å². The van der Waals surface area contributed by atoms with Crippen molar-refractivity contribution in [3.05, 3.63) is 0 Å². The maximum Gasteiger partial charge on any atom is 0.317 e. The van der Waals surface area contributed by atoms with Crippen LogP contribution < -0.4 is 0 Å². The molecule has 0 heterocycles. The summed E-state index contributed by atoms with van der Waals surface area (Å²) < 4.78 is 29.0. The van der Waals surface area contributed by atoms with E-state index in [0.29, 0.717) is 4.90 Å². The van der Waals surface area contributed by atoms with Gasteiger partial charge in [0.15, 0.2) is 0 Å². The fourth-order valence-corrected chi connectivity index (χ4v) is 1.40. The maximum absolute atomic E-state index is 10.3. The van der Waals surface area contributed by atoms with Gasteiger partial charge in [0.1, 0.15) is 5.88 Å². The van der Waals surface area contributed by atoms with Crippen molar-refractivity contribution in [2.45, 2.75) is 0 Å². The lowest BCUT2D eigenvalue weighted by molar-refractivity contribution is -0.141. The molecule has 3 N–H and O–H groups in total. The van der Waals surface area contributed by atoms with Gasteiger partial charge in [0.25, 0.3) is 10.1 Å². The Hall–Kier alpha value is -1.19. The molecule has 0 unspecified atom stereocenters. The van der Waals surface area contributed by atoms with Crippen LogP contribution in [0.5, 0.6) is 0 Å². The Morgan fingerprint density at radius 3 is 1.64 bits per heavy atom. The lowest BCUT2D eigenvalue weighted by Crippen LogP contribution is -2.38. The number of hydrogen-bond acceptors (Lipinski definition) is 5. The fourth-order valence-electron chi connectivity index (χ4n) is 0.760. The smallest absolute Gasteiger partial charge is 0.317 e. The Bertz CT molecular complexity index is 305. The number of aliphatic carboxylic acids is 2. The van der Waals surface area contributed by atoms with Gasteiger partial charge in [0.2, 0.25) is 0 Å². The lowest BCUT2D eigenvalue weighted by atomic mass is 10.5. The Balaban J connectivity index is 4.40. The zero-order valence-corrected chi connectivity index (χ0v) is 7.77. The van der Waals surface area contributed by atoms with Crippen LogP contribution in [-0.2, 0) is 19.7 Å². The second-order valence-corrected chi connectivity index (χ2v) is 3.91. The summed E-state index contributed by atoms with van der Waals surface area (Å²) in [6, 6.07) is 0. The summed E-state index contributed by atoms with van der Waals surface area (Å²) in [5.41, 5.74) is 0. The van der Waals surface area contributed by atoms with Gasteiger partial charge in [-0.3, -0.25) is 19.0 Å². The van der Waals surface area contributed by atoms with Crippen LogP contribution in [0.2, 0.25) is 0 Å². The normalized spacial score (nSPS) is 11.6. The third kappa shape index (κ3) is 7.46. The predicted octanol–water partition coefficient (Wildman–Crippen LogP) is -1.70. The summed E-state index contributed by atoms with van der Waals surface area (Å²) in [6.45, 7) is -1.54. The van der Waals surface area contributed by atoms with Crippen molar-refractivity contribution in [3.63, 3.8) is 0 Å². The van der Waals surface area contributed by atoms with E-state index in [0.717, 1.165) is 0 Å². The highest BCUT2D eigenvalue weighted by molar-refractivity contribution is 7.85. The van der Waals surface area contributed by atoms with E-state index in [9.17, 15) is 18.0 Å². The van der Waals surface area contributed by atoms with E-state index in [2.05, 4.69) is 0 Å². The van der Waals surface area contributed by atoms with Gasteiger partial charge in [-0.25, -0.2) is 0 Å². The van der Waals surface area contributed by atoms with Crippen LogP contribution in [0, 0.1) is 0 Å². The van der Waals surface area contributed by atoms with Crippen LogP contribution in [0.25, 0.3) is 0 Å². The van der Waals surface area contributed by atoms with Gasteiger partial charge in [0.05, 0.1) is 13.1 Å². The minimum absolute atomic E-state index is 0.569. The number of nitrogens with zero attached hydrogens (tertiary/aromatic N) is 1. The van der Waals surface area contributed by atoms with Crippen molar-refractivity contribution in [3.8, 4) is 0 Å². The molecule has 0 rings (SSSR count). The molecule has 0 aromatic rings. The SMILES string of the molecule is O=C(O)CN(CC(=O)O)CS(=O)(=O)O. The van der Waals surface area contributed by atoms with Crippen LogP contribution in [0.15, 0.2) is 0 Å². The average molecular weight is 227 g/mol. The highest BCUT2D eigenvalue weighted by atomic mass is 32.2. The van der Waals surface area contributed by atoms with Crippen molar-refractivity contribution in [2.75, 3.05) is 19.0 Å². The molecule has 0 spiro atoms. The summed E-state index contributed by atoms with van der Waals surface area (Å²) in [6.07, 6.45) is 0. The highest BCUT2D eigenvalue weighted by Crippen LogP contribution is 1.93. The molecular formula is C5H9NO7S. The van der Waals surface area contributed by atoms with Crippen LogP contribution in [0.4, 0.5) is 0 Å². The third-order valence-corrected chi connectivity index (χ3v) is 1.75. The first-order chi connectivity index (χ1) is 6.20. The molecule has 0 bridgehead atoms. The molecule has 14 heavy (non-hydrogen) atoms. The van der Waals surface area contributed by atoms with Crippen molar-refractivity contribution >= 4 is 22.1 Å². The van der Waals surface area contributed by atoms with E-state index < -0.39 is 41.0 Å². The second-order valence-electron chi connectivity index (χ2n) is 2.49. The molecule has 0 aliphatic carbocycles. The molecule has 0 radical (unpaired) electrons. The van der Waals surface area contributed by atoms with Gasteiger partial charge in [-0.15, -0.1) is 0 Å². The molecular weight excluding hydrogens is 218 g/mol. The van der Waals surface area contributed by atoms with Crippen molar-refractivity contribution < 1.29 is 32.8 Å². The van der Waals surface area contributed by atoms with Gasteiger partial charge in [-0.1, -0.05) is 0 Å². The summed E-state index contributed by atoms with van der Waals surface area (Å²) >= 11 is 0. The summed E-state index contributed by atoms with van der Waals surface area (Å²) in [4.78, 5) is 20.9. The van der Waals surface area contributed by atoms with Crippen molar-refractivity contribution in [1.29, 1.82) is 0 Å². The first-order valence-electron chi connectivity index (χ1n) is 3.32.